The quantitative estimate of drug-likeness (QED) is 0.589. The number of rotatable bonds is 7. The fraction of sp³-hybridized carbons (Fsp3) is 0.263. The van der Waals surface area contributed by atoms with Gasteiger partial charge in [-0.3, -0.25) is 0 Å². The van der Waals surface area contributed by atoms with Crippen LogP contribution in [-0.2, 0) is 12.2 Å². The maximum atomic E-state index is 5.75. The van der Waals surface area contributed by atoms with E-state index >= 15 is 0 Å². The molecular formula is C19H20N2O3S. The van der Waals surface area contributed by atoms with Gasteiger partial charge < -0.3 is 13.9 Å². The van der Waals surface area contributed by atoms with Crippen molar-refractivity contribution < 1.29 is 13.9 Å². The van der Waals surface area contributed by atoms with E-state index in [1.165, 1.54) is 11.1 Å². The highest BCUT2D eigenvalue weighted by Crippen LogP contribution is 2.29. The minimum Gasteiger partial charge on any atom is -0.493 e. The summed E-state index contributed by atoms with van der Waals surface area (Å²) in [5.74, 6) is 2.78. The number of aryl methyl sites for hydroxylation is 1. The molecule has 0 N–H and O–H groups in total. The Balaban J connectivity index is 1.65. The second-order valence-corrected chi connectivity index (χ2v) is 6.47. The van der Waals surface area contributed by atoms with Gasteiger partial charge in [-0.05, 0) is 35.7 Å². The molecule has 3 aromatic rings. The lowest BCUT2D eigenvalue weighted by molar-refractivity contribution is 0.354. The van der Waals surface area contributed by atoms with Crippen molar-refractivity contribution in [3.63, 3.8) is 0 Å². The predicted octanol–water partition coefficient (Wildman–Crippen LogP) is 4.28. The Bertz CT molecular complexity index is 848. The fourth-order valence-corrected chi connectivity index (χ4v) is 3.30. The Morgan fingerprint density at radius 3 is 2.56 bits per heavy atom. The molecule has 0 spiro atoms. The van der Waals surface area contributed by atoms with Crippen LogP contribution in [0, 0.1) is 6.92 Å². The molecule has 0 unspecified atom stereocenters. The Hall–Kier alpha value is -2.47. The molecule has 0 aliphatic rings. The molecule has 0 bridgehead atoms. The van der Waals surface area contributed by atoms with Gasteiger partial charge in [0, 0.05) is 5.75 Å². The topological polar surface area (TPSA) is 57.4 Å². The normalized spacial score (nSPS) is 10.7. The zero-order valence-corrected chi connectivity index (χ0v) is 15.3. The summed E-state index contributed by atoms with van der Waals surface area (Å²) in [5.41, 5.74) is 3.56. The maximum Gasteiger partial charge on any atom is 0.276 e. The number of methoxy groups -OCH3 is 2. The maximum absolute atomic E-state index is 5.75. The van der Waals surface area contributed by atoms with Crippen LogP contribution in [0.4, 0.5) is 0 Å². The lowest BCUT2D eigenvalue weighted by atomic mass is 10.1. The van der Waals surface area contributed by atoms with E-state index in [1.807, 2.05) is 30.3 Å². The monoisotopic (exact) mass is 356 g/mol. The van der Waals surface area contributed by atoms with Crippen LogP contribution in [0.25, 0.3) is 0 Å². The van der Waals surface area contributed by atoms with Crippen LogP contribution in [0.15, 0.2) is 52.1 Å². The zero-order chi connectivity index (χ0) is 17.6. The minimum absolute atomic E-state index is 0.554. The van der Waals surface area contributed by atoms with E-state index in [9.17, 15) is 0 Å². The molecule has 0 saturated heterocycles. The Kier molecular flexibility index (Phi) is 5.60. The number of hydrogen-bond donors (Lipinski definition) is 0. The summed E-state index contributed by atoms with van der Waals surface area (Å²) >= 11 is 1.55. The van der Waals surface area contributed by atoms with E-state index in [0.29, 0.717) is 29.0 Å². The molecule has 3 rings (SSSR count). The van der Waals surface area contributed by atoms with Gasteiger partial charge in [0.2, 0.25) is 5.89 Å². The molecule has 2 aromatic carbocycles. The average Bonchev–Trinajstić information content (AvgIpc) is 3.08. The van der Waals surface area contributed by atoms with E-state index in [-0.39, 0.29) is 0 Å². The minimum atomic E-state index is 0.554. The standard InChI is InChI=1S/C19H20N2O3S/c1-13-6-4-5-7-15(13)12-25-19-21-20-18(24-19)11-14-8-9-16(22-2)17(10-14)23-3/h4-10H,11-12H2,1-3H3. The molecule has 0 amide bonds. The number of aromatic nitrogens is 2. The zero-order valence-electron chi connectivity index (χ0n) is 14.5. The van der Waals surface area contributed by atoms with Crippen LogP contribution in [0.1, 0.15) is 22.6 Å². The number of thioether (sulfide) groups is 1. The Morgan fingerprint density at radius 2 is 1.80 bits per heavy atom. The van der Waals surface area contributed by atoms with Crippen molar-refractivity contribution in [3.8, 4) is 11.5 Å². The number of nitrogens with zero attached hydrogens (tertiary/aromatic N) is 2. The van der Waals surface area contributed by atoms with Crippen molar-refractivity contribution >= 4 is 11.8 Å². The van der Waals surface area contributed by atoms with E-state index in [2.05, 4.69) is 29.3 Å². The van der Waals surface area contributed by atoms with Gasteiger partial charge >= 0.3 is 0 Å². The predicted molar refractivity (Wildman–Crippen MR) is 97.4 cm³/mol. The molecule has 6 heteroatoms. The summed E-state index contributed by atoms with van der Waals surface area (Å²) in [4.78, 5) is 0. The molecule has 0 saturated carbocycles. The van der Waals surface area contributed by atoms with Crippen LogP contribution in [0.3, 0.4) is 0 Å². The van der Waals surface area contributed by atoms with Crippen LogP contribution in [-0.4, -0.2) is 24.4 Å². The molecule has 1 heterocycles. The molecule has 25 heavy (non-hydrogen) atoms. The van der Waals surface area contributed by atoms with Crippen molar-refractivity contribution in [1.29, 1.82) is 0 Å². The van der Waals surface area contributed by atoms with Crippen LogP contribution in [0.5, 0.6) is 11.5 Å². The Morgan fingerprint density at radius 1 is 1.00 bits per heavy atom. The van der Waals surface area contributed by atoms with Crippen molar-refractivity contribution in [2.45, 2.75) is 24.3 Å². The highest BCUT2D eigenvalue weighted by Gasteiger charge is 2.11. The highest BCUT2D eigenvalue weighted by atomic mass is 32.2. The third-order valence-corrected chi connectivity index (χ3v) is 4.73. The number of benzene rings is 2. The Labute approximate surface area is 151 Å². The molecular weight excluding hydrogens is 336 g/mol. The van der Waals surface area contributed by atoms with Gasteiger partial charge in [0.25, 0.3) is 5.22 Å². The van der Waals surface area contributed by atoms with Crippen LogP contribution in [0.2, 0.25) is 0 Å². The first-order valence-corrected chi connectivity index (χ1v) is 8.88. The molecule has 0 radical (unpaired) electrons. The molecule has 5 nitrogen and oxygen atoms in total. The summed E-state index contributed by atoms with van der Waals surface area (Å²) in [6.45, 7) is 2.10. The number of hydrogen-bond acceptors (Lipinski definition) is 6. The molecule has 0 fully saturated rings. The SMILES string of the molecule is COc1ccc(Cc2nnc(SCc3ccccc3C)o2)cc1OC. The molecule has 0 aliphatic heterocycles. The van der Waals surface area contributed by atoms with Gasteiger partial charge in [0.1, 0.15) is 0 Å². The van der Waals surface area contributed by atoms with Crippen molar-refractivity contribution in [1.82, 2.24) is 10.2 Å². The van der Waals surface area contributed by atoms with Crippen LogP contribution >= 0.6 is 11.8 Å². The second-order valence-electron chi connectivity index (χ2n) is 5.54. The van der Waals surface area contributed by atoms with Crippen molar-refractivity contribution in [2.24, 2.45) is 0 Å². The lowest BCUT2D eigenvalue weighted by Gasteiger charge is -2.08. The van der Waals surface area contributed by atoms with Gasteiger partial charge in [0.05, 0.1) is 20.6 Å². The smallest absolute Gasteiger partial charge is 0.276 e. The molecule has 130 valence electrons. The second kappa shape index (κ2) is 8.07. The summed E-state index contributed by atoms with van der Waals surface area (Å²) in [6, 6.07) is 14.1. The van der Waals surface area contributed by atoms with E-state index < -0.39 is 0 Å². The van der Waals surface area contributed by atoms with Gasteiger partial charge in [0.15, 0.2) is 11.5 Å². The first-order chi connectivity index (χ1) is 12.2. The van der Waals surface area contributed by atoms with Crippen LogP contribution < -0.4 is 9.47 Å². The van der Waals surface area contributed by atoms with Crippen molar-refractivity contribution in [3.05, 3.63) is 65.0 Å². The first-order valence-electron chi connectivity index (χ1n) is 7.90. The summed E-state index contributed by atoms with van der Waals surface area (Å²) < 4.78 is 16.3. The summed E-state index contributed by atoms with van der Waals surface area (Å²) in [6.07, 6.45) is 0.554. The average molecular weight is 356 g/mol. The fourth-order valence-electron chi connectivity index (χ4n) is 2.44. The summed E-state index contributed by atoms with van der Waals surface area (Å²) in [5, 5.41) is 8.84. The molecule has 0 atom stereocenters. The van der Waals surface area contributed by atoms with E-state index in [4.69, 9.17) is 13.9 Å². The van der Waals surface area contributed by atoms with Gasteiger partial charge in [-0.15, -0.1) is 10.2 Å². The number of ether oxygens (including phenoxy) is 2. The first kappa shape index (κ1) is 17.4. The van der Waals surface area contributed by atoms with Gasteiger partial charge in [-0.1, -0.05) is 42.1 Å². The third-order valence-electron chi connectivity index (χ3n) is 3.86. The molecule has 0 aliphatic carbocycles. The van der Waals surface area contributed by atoms with Gasteiger partial charge in [-0.25, -0.2) is 0 Å². The molecule has 1 aromatic heterocycles. The van der Waals surface area contributed by atoms with Gasteiger partial charge in [-0.2, -0.15) is 0 Å². The largest absolute Gasteiger partial charge is 0.493 e. The van der Waals surface area contributed by atoms with E-state index in [1.54, 1.807) is 26.0 Å². The van der Waals surface area contributed by atoms with Crippen molar-refractivity contribution in [2.75, 3.05) is 14.2 Å². The summed E-state index contributed by atoms with van der Waals surface area (Å²) in [7, 11) is 3.24. The highest BCUT2D eigenvalue weighted by molar-refractivity contribution is 7.98. The lowest BCUT2D eigenvalue weighted by Crippen LogP contribution is -1.94. The van der Waals surface area contributed by atoms with E-state index in [0.717, 1.165) is 11.3 Å². The third kappa shape index (κ3) is 4.33.